The topological polar surface area (TPSA) is 29.0 Å². The molecule has 0 N–H and O–H groups in total. The summed E-state index contributed by atoms with van der Waals surface area (Å²) >= 11 is 0. The molecular formula is C32H21N3. The van der Waals surface area contributed by atoms with Crippen LogP contribution in [0.15, 0.2) is 128 Å². The fourth-order valence-corrected chi connectivity index (χ4v) is 5.31. The van der Waals surface area contributed by atoms with Crippen LogP contribution in [-0.4, -0.2) is 9.97 Å². The number of hydrogen-bond donors (Lipinski definition) is 0. The van der Waals surface area contributed by atoms with Crippen LogP contribution in [0.3, 0.4) is 0 Å². The predicted octanol–water partition coefficient (Wildman–Crippen LogP) is 8.41. The van der Waals surface area contributed by atoms with Gasteiger partial charge >= 0.3 is 0 Å². The number of aromatic nitrogens is 2. The number of anilines is 3. The van der Waals surface area contributed by atoms with Gasteiger partial charge in [-0.2, -0.15) is 0 Å². The molecule has 2 aromatic heterocycles. The molecule has 0 amide bonds. The van der Waals surface area contributed by atoms with E-state index in [1.54, 1.807) is 0 Å². The van der Waals surface area contributed by atoms with E-state index in [4.69, 9.17) is 0 Å². The summed E-state index contributed by atoms with van der Waals surface area (Å²) in [6.45, 7) is 0. The molecule has 0 aliphatic heterocycles. The van der Waals surface area contributed by atoms with Gasteiger partial charge in [-0.05, 0) is 80.6 Å². The molecule has 0 saturated heterocycles. The molecule has 6 aromatic rings. The second kappa shape index (κ2) is 7.93. The van der Waals surface area contributed by atoms with Crippen LogP contribution in [0.2, 0.25) is 0 Å². The van der Waals surface area contributed by atoms with Crippen molar-refractivity contribution in [3.63, 3.8) is 0 Å². The lowest BCUT2D eigenvalue weighted by atomic mass is 9.94. The van der Waals surface area contributed by atoms with Gasteiger partial charge in [0.25, 0.3) is 0 Å². The summed E-state index contributed by atoms with van der Waals surface area (Å²) in [6, 6.07) is 36.8. The van der Waals surface area contributed by atoms with Crippen LogP contribution in [0.25, 0.3) is 44.2 Å². The highest BCUT2D eigenvalue weighted by Crippen LogP contribution is 2.49. The molecule has 4 aromatic carbocycles. The molecule has 7 rings (SSSR count). The molecule has 3 nitrogen and oxygen atoms in total. The Morgan fingerprint density at radius 1 is 0.429 bits per heavy atom. The first-order valence-corrected chi connectivity index (χ1v) is 11.7. The summed E-state index contributed by atoms with van der Waals surface area (Å²) < 4.78 is 0. The van der Waals surface area contributed by atoms with Gasteiger partial charge in [-0.3, -0.25) is 9.97 Å². The highest BCUT2D eigenvalue weighted by molar-refractivity contribution is 6.18. The molecule has 2 heterocycles. The van der Waals surface area contributed by atoms with Crippen molar-refractivity contribution in [3.8, 4) is 33.4 Å². The van der Waals surface area contributed by atoms with Gasteiger partial charge in [0.1, 0.15) is 0 Å². The Morgan fingerprint density at radius 3 is 1.69 bits per heavy atom. The third-order valence-electron chi connectivity index (χ3n) is 6.81. The Morgan fingerprint density at radius 2 is 1.00 bits per heavy atom. The zero-order valence-corrected chi connectivity index (χ0v) is 19.0. The van der Waals surface area contributed by atoms with Crippen molar-refractivity contribution in [3.05, 3.63) is 128 Å². The van der Waals surface area contributed by atoms with E-state index in [2.05, 4.69) is 93.7 Å². The molecule has 1 aliphatic rings. The van der Waals surface area contributed by atoms with Crippen molar-refractivity contribution in [1.82, 2.24) is 9.97 Å². The van der Waals surface area contributed by atoms with Crippen LogP contribution in [0.5, 0.6) is 0 Å². The van der Waals surface area contributed by atoms with E-state index in [1.165, 1.54) is 44.2 Å². The maximum atomic E-state index is 4.21. The first-order chi connectivity index (χ1) is 17.4. The van der Waals surface area contributed by atoms with Crippen molar-refractivity contribution >= 4 is 27.8 Å². The number of rotatable bonds is 4. The van der Waals surface area contributed by atoms with Gasteiger partial charge in [0.05, 0.1) is 0 Å². The predicted molar refractivity (Wildman–Crippen MR) is 144 cm³/mol. The summed E-state index contributed by atoms with van der Waals surface area (Å²) in [5.41, 5.74) is 10.9. The van der Waals surface area contributed by atoms with E-state index in [0.717, 1.165) is 17.1 Å². The van der Waals surface area contributed by atoms with E-state index < -0.39 is 0 Å². The highest BCUT2D eigenvalue weighted by atomic mass is 15.1. The van der Waals surface area contributed by atoms with Crippen LogP contribution in [0.1, 0.15) is 0 Å². The summed E-state index contributed by atoms with van der Waals surface area (Å²) in [5.74, 6) is 0. The van der Waals surface area contributed by atoms with E-state index in [0.29, 0.717) is 0 Å². The van der Waals surface area contributed by atoms with Crippen LogP contribution in [0, 0.1) is 0 Å². The lowest BCUT2D eigenvalue weighted by Gasteiger charge is -2.25. The molecule has 0 saturated carbocycles. The average molecular weight is 448 g/mol. The largest absolute Gasteiger partial charge is 0.310 e. The molecular weight excluding hydrogens is 426 g/mol. The van der Waals surface area contributed by atoms with Crippen LogP contribution in [-0.2, 0) is 0 Å². The van der Waals surface area contributed by atoms with Gasteiger partial charge in [0.2, 0.25) is 0 Å². The normalized spacial score (nSPS) is 11.4. The summed E-state index contributed by atoms with van der Waals surface area (Å²) in [4.78, 5) is 10.7. The molecule has 0 fully saturated rings. The summed E-state index contributed by atoms with van der Waals surface area (Å²) in [6.07, 6.45) is 7.31. The smallest absolute Gasteiger partial charge is 0.0492 e. The second-order valence-corrected chi connectivity index (χ2v) is 8.73. The molecule has 0 unspecified atom stereocenters. The van der Waals surface area contributed by atoms with E-state index in [-0.39, 0.29) is 0 Å². The quantitative estimate of drug-likeness (QED) is 0.271. The maximum Gasteiger partial charge on any atom is 0.0492 e. The summed E-state index contributed by atoms with van der Waals surface area (Å²) in [5, 5.41) is 2.63. The van der Waals surface area contributed by atoms with Gasteiger partial charge < -0.3 is 4.90 Å². The molecule has 164 valence electrons. The van der Waals surface area contributed by atoms with Crippen LogP contribution < -0.4 is 4.90 Å². The van der Waals surface area contributed by atoms with Crippen LogP contribution in [0.4, 0.5) is 17.1 Å². The number of pyridine rings is 2. The Hall–Kier alpha value is -4.76. The van der Waals surface area contributed by atoms with Gasteiger partial charge in [0.15, 0.2) is 0 Å². The number of benzene rings is 4. The highest BCUT2D eigenvalue weighted by Gasteiger charge is 2.22. The Kier molecular flexibility index (Phi) is 4.46. The van der Waals surface area contributed by atoms with E-state index in [1.807, 2.05) is 49.1 Å². The van der Waals surface area contributed by atoms with E-state index in [9.17, 15) is 0 Å². The Balaban J connectivity index is 1.41. The van der Waals surface area contributed by atoms with Gasteiger partial charge in [-0.1, -0.05) is 66.7 Å². The molecule has 35 heavy (non-hydrogen) atoms. The minimum atomic E-state index is 1.05. The molecule has 0 atom stereocenters. The van der Waals surface area contributed by atoms with Crippen molar-refractivity contribution in [2.24, 2.45) is 0 Å². The third-order valence-corrected chi connectivity index (χ3v) is 6.81. The van der Waals surface area contributed by atoms with E-state index >= 15 is 0 Å². The minimum absolute atomic E-state index is 1.05. The number of nitrogens with zero attached hydrogens (tertiary/aromatic N) is 3. The second-order valence-electron chi connectivity index (χ2n) is 8.73. The standard InChI is InChI=1S/C32H21N3/c1-2-8-28-27(7-1)30-10-4-9-29-26(11-12-31(28)32(29)30)22-5-3-6-25(21-22)35(23-13-17-33-18-14-23)24-15-19-34-20-16-24/h1-21H. The van der Waals surface area contributed by atoms with Crippen molar-refractivity contribution < 1.29 is 0 Å². The van der Waals surface area contributed by atoms with Crippen molar-refractivity contribution in [1.29, 1.82) is 0 Å². The van der Waals surface area contributed by atoms with Gasteiger partial charge in [-0.15, -0.1) is 0 Å². The Bertz CT molecular complexity index is 1620. The first-order valence-electron chi connectivity index (χ1n) is 11.7. The minimum Gasteiger partial charge on any atom is -0.310 e. The van der Waals surface area contributed by atoms with Crippen LogP contribution >= 0.6 is 0 Å². The molecule has 3 heteroatoms. The lowest BCUT2D eigenvalue weighted by molar-refractivity contribution is 1.22. The fourth-order valence-electron chi connectivity index (χ4n) is 5.31. The monoisotopic (exact) mass is 447 g/mol. The van der Waals surface area contributed by atoms with Crippen molar-refractivity contribution in [2.45, 2.75) is 0 Å². The van der Waals surface area contributed by atoms with Crippen molar-refractivity contribution in [2.75, 3.05) is 4.90 Å². The summed E-state index contributed by atoms with van der Waals surface area (Å²) in [7, 11) is 0. The molecule has 1 aliphatic carbocycles. The molecule has 0 bridgehead atoms. The fraction of sp³-hybridized carbons (Fsp3) is 0. The zero-order valence-electron chi connectivity index (χ0n) is 19.0. The van der Waals surface area contributed by atoms with Gasteiger partial charge in [-0.25, -0.2) is 0 Å². The zero-order chi connectivity index (χ0) is 23.2. The first kappa shape index (κ1) is 19.7. The molecule has 0 radical (unpaired) electrons. The van der Waals surface area contributed by atoms with Gasteiger partial charge in [0, 0.05) is 41.8 Å². The lowest BCUT2D eigenvalue weighted by Crippen LogP contribution is -2.10. The maximum absolute atomic E-state index is 4.21. The Labute approximate surface area is 204 Å². The average Bonchev–Trinajstić information content (AvgIpc) is 3.26. The SMILES string of the molecule is c1cc(-c2ccc3c4c(cccc24)-c2ccccc2-3)cc(N(c2ccncc2)c2ccncc2)c1. The molecule has 0 spiro atoms. The number of hydrogen-bond acceptors (Lipinski definition) is 3. The third kappa shape index (κ3) is 3.13. The number of fused-ring (bicyclic) bond motifs is 3.